The number of likely N-dealkylation sites (tertiary alicyclic amines) is 1. The van der Waals surface area contributed by atoms with E-state index in [4.69, 9.17) is 4.98 Å². The maximum absolute atomic E-state index is 12.7. The normalized spacial score (nSPS) is 19.2. The molecular formula is C20H27N5OS. The Morgan fingerprint density at radius 2 is 2.00 bits per heavy atom. The van der Waals surface area contributed by atoms with E-state index in [1.54, 1.807) is 11.3 Å². The predicted molar refractivity (Wildman–Crippen MR) is 109 cm³/mol. The van der Waals surface area contributed by atoms with Gasteiger partial charge in [-0.25, -0.2) is 9.97 Å². The molecule has 1 amide bonds. The Labute approximate surface area is 164 Å². The lowest BCUT2D eigenvalue weighted by Crippen LogP contribution is -2.44. The lowest BCUT2D eigenvalue weighted by Gasteiger charge is -2.35. The third kappa shape index (κ3) is 4.47. The molecule has 2 aliphatic heterocycles. The molecule has 0 atom stereocenters. The summed E-state index contributed by atoms with van der Waals surface area (Å²) in [5.74, 6) is 1.84. The number of piperidine rings is 2. The van der Waals surface area contributed by atoms with Crippen LogP contribution in [0.1, 0.15) is 42.2 Å². The van der Waals surface area contributed by atoms with Crippen LogP contribution in [0.25, 0.3) is 0 Å². The number of rotatable bonds is 4. The lowest BCUT2D eigenvalue weighted by molar-refractivity contribution is -0.137. The first kappa shape index (κ1) is 18.4. The minimum atomic E-state index is 0.218. The third-order valence-corrected chi connectivity index (χ3v) is 6.37. The molecule has 7 heteroatoms. The topological polar surface area (TPSA) is 70.2 Å². The Balaban J connectivity index is 1.35. The van der Waals surface area contributed by atoms with Gasteiger partial charge in [0.1, 0.15) is 5.82 Å². The van der Waals surface area contributed by atoms with Gasteiger partial charge in [0.2, 0.25) is 5.91 Å². The summed E-state index contributed by atoms with van der Waals surface area (Å²) in [6.45, 7) is 5.67. The van der Waals surface area contributed by atoms with Crippen molar-refractivity contribution in [1.29, 1.82) is 0 Å². The minimum Gasteiger partial charge on any atom is -0.342 e. The van der Waals surface area contributed by atoms with Crippen LogP contribution < -0.4 is 10.6 Å². The number of hydrogen-bond donors (Lipinski definition) is 2. The highest BCUT2D eigenvalue weighted by molar-refractivity contribution is 7.15. The fraction of sp³-hybridized carbons (Fsp3) is 0.550. The smallest absolute Gasteiger partial charge is 0.225 e. The van der Waals surface area contributed by atoms with Crippen LogP contribution in [0.2, 0.25) is 0 Å². The fourth-order valence-corrected chi connectivity index (χ4v) is 4.66. The fourth-order valence-electron chi connectivity index (χ4n) is 3.99. The molecule has 6 nitrogen and oxygen atoms in total. The average molecular weight is 386 g/mol. The molecule has 2 N–H and O–H groups in total. The highest BCUT2D eigenvalue weighted by Gasteiger charge is 2.29. The van der Waals surface area contributed by atoms with Crippen LogP contribution in [0.4, 0.5) is 10.9 Å². The van der Waals surface area contributed by atoms with E-state index in [0.29, 0.717) is 11.8 Å². The molecule has 2 saturated heterocycles. The number of pyridine rings is 1. The van der Waals surface area contributed by atoms with Gasteiger partial charge in [-0.1, -0.05) is 6.07 Å². The van der Waals surface area contributed by atoms with Gasteiger partial charge in [0.05, 0.1) is 0 Å². The number of anilines is 2. The molecule has 0 aromatic carbocycles. The lowest BCUT2D eigenvalue weighted by atomic mass is 9.90. The van der Waals surface area contributed by atoms with Gasteiger partial charge in [-0.05, 0) is 57.8 Å². The van der Waals surface area contributed by atoms with Crippen LogP contribution in [-0.2, 0) is 4.79 Å². The molecule has 0 aliphatic carbocycles. The summed E-state index contributed by atoms with van der Waals surface area (Å²) >= 11 is 1.63. The van der Waals surface area contributed by atoms with Crippen LogP contribution in [0, 0.1) is 12.8 Å². The van der Waals surface area contributed by atoms with Crippen LogP contribution in [0.3, 0.4) is 0 Å². The number of amides is 1. The largest absolute Gasteiger partial charge is 0.342 e. The summed E-state index contributed by atoms with van der Waals surface area (Å²) in [4.78, 5) is 25.1. The van der Waals surface area contributed by atoms with E-state index in [1.165, 1.54) is 4.88 Å². The van der Waals surface area contributed by atoms with E-state index < -0.39 is 0 Å². The zero-order chi connectivity index (χ0) is 18.6. The van der Waals surface area contributed by atoms with Crippen molar-refractivity contribution in [3.05, 3.63) is 35.0 Å². The second-order valence-corrected chi connectivity index (χ2v) is 8.71. The molecular weight excluding hydrogens is 358 g/mol. The average Bonchev–Trinajstić information content (AvgIpc) is 3.13. The second kappa shape index (κ2) is 8.35. The number of nitrogens with zero attached hydrogens (tertiary/aromatic N) is 3. The zero-order valence-corrected chi connectivity index (χ0v) is 16.6. The van der Waals surface area contributed by atoms with Crippen molar-refractivity contribution in [1.82, 2.24) is 20.2 Å². The van der Waals surface area contributed by atoms with E-state index >= 15 is 0 Å². The number of nitrogens with one attached hydrogen (secondary N) is 2. The first-order valence-electron chi connectivity index (χ1n) is 9.85. The maximum atomic E-state index is 12.7. The predicted octanol–water partition coefficient (Wildman–Crippen LogP) is 3.30. The molecule has 4 heterocycles. The molecule has 2 aliphatic rings. The number of thiazole rings is 1. The summed E-state index contributed by atoms with van der Waals surface area (Å²) < 4.78 is 0. The zero-order valence-electron chi connectivity index (χ0n) is 15.8. The molecule has 0 unspecified atom stereocenters. The van der Waals surface area contributed by atoms with E-state index in [1.807, 2.05) is 19.2 Å². The first-order chi connectivity index (χ1) is 13.2. The third-order valence-electron chi connectivity index (χ3n) is 5.54. The van der Waals surface area contributed by atoms with Crippen molar-refractivity contribution in [3.8, 4) is 0 Å². The summed E-state index contributed by atoms with van der Waals surface area (Å²) in [5.41, 5.74) is 1.11. The molecule has 2 aromatic heterocycles. The van der Waals surface area contributed by atoms with Crippen molar-refractivity contribution in [2.45, 2.75) is 38.5 Å². The van der Waals surface area contributed by atoms with Gasteiger partial charge in [0.25, 0.3) is 0 Å². The molecule has 2 aromatic rings. The Bertz CT molecular complexity index is 778. The van der Waals surface area contributed by atoms with E-state index in [-0.39, 0.29) is 5.92 Å². The molecule has 2 fully saturated rings. The second-order valence-electron chi connectivity index (χ2n) is 7.47. The van der Waals surface area contributed by atoms with Gasteiger partial charge < -0.3 is 15.5 Å². The molecule has 0 radical (unpaired) electrons. The number of carbonyl (C=O) groups excluding carboxylic acids is 1. The standard InChI is InChI=1S/C20H27N5OS/c1-14-13-22-20(27-14)24-18-4-2-3-17(23-18)15-7-11-25(12-8-15)19(26)16-5-9-21-10-6-16/h2-4,13,15-16,21H,5-12H2,1H3,(H,22,23,24). The van der Waals surface area contributed by atoms with Crippen LogP contribution in [0.5, 0.6) is 0 Å². The molecule has 0 bridgehead atoms. The Kier molecular flexibility index (Phi) is 5.69. The van der Waals surface area contributed by atoms with Crippen molar-refractivity contribution in [2.24, 2.45) is 5.92 Å². The van der Waals surface area contributed by atoms with E-state index in [0.717, 1.165) is 68.5 Å². The minimum absolute atomic E-state index is 0.218. The van der Waals surface area contributed by atoms with E-state index in [2.05, 4.69) is 32.7 Å². The van der Waals surface area contributed by atoms with Gasteiger partial charge in [-0.15, -0.1) is 11.3 Å². The first-order valence-corrected chi connectivity index (χ1v) is 10.7. The van der Waals surface area contributed by atoms with Crippen LogP contribution >= 0.6 is 11.3 Å². The highest BCUT2D eigenvalue weighted by atomic mass is 32.1. The van der Waals surface area contributed by atoms with Crippen molar-refractivity contribution >= 4 is 28.2 Å². The van der Waals surface area contributed by atoms with Gasteiger partial charge in [0, 0.05) is 41.7 Å². The quantitative estimate of drug-likeness (QED) is 0.845. The molecule has 0 saturated carbocycles. The number of aryl methyl sites for hydroxylation is 1. The number of aromatic nitrogens is 2. The van der Waals surface area contributed by atoms with Crippen molar-refractivity contribution in [3.63, 3.8) is 0 Å². The molecule has 0 spiro atoms. The Morgan fingerprint density at radius 3 is 2.70 bits per heavy atom. The summed E-state index contributed by atoms with van der Waals surface area (Å²) in [6, 6.07) is 6.14. The van der Waals surface area contributed by atoms with Crippen LogP contribution in [0.15, 0.2) is 24.4 Å². The summed E-state index contributed by atoms with van der Waals surface area (Å²) in [7, 11) is 0. The molecule has 27 heavy (non-hydrogen) atoms. The summed E-state index contributed by atoms with van der Waals surface area (Å²) in [5, 5.41) is 7.51. The SMILES string of the molecule is Cc1cnc(Nc2cccc(C3CCN(C(=O)C4CCNCC4)CC3)n2)s1. The molecule has 144 valence electrons. The monoisotopic (exact) mass is 385 g/mol. The highest BCUT2D eigenvalue weighted by Crippen LogP contribution is 2.30. The van der Waals surface area contributed by atoms with Crippen LogP contribution in [-0.4, -0.2) is 47.0 Å². The Morgan fingerprint density at radius 1 is 1.22 bits per heavy atom. The summed E-state index contributed by atoms with van der Waals surface area (Å²) in [6.07, 6.45) is 5.80. The number of hydrogen-bond acceptors (Lipinski definition) is 6. The van der Waals surface area contributed by atoms with E-state index in [9.17, 15) is 4.79 Å². The van der Waals surface area contributed by atoms with Gasteiger partial charge in [0.15, 0.2) is 5.13 Å². The van der Waals surface area contributed by atoms with Gasteiger partial charge in [-0.3, -0.25) is 4.79 Å². The number of carbonyl (C=O) groups is 1. The maximum Gasteiger partial charge on any atom is 0.225 e. The Hall–Kier alpha value is -1.99. The van der Waals surface area contributed by atoms with Gasteiger partial charge in [-0.2, -0.15) is 0 Å². The molecule has 4 rings (SSSR count). The van der Waals surface area contributed by atoms with Crippen molar-refractivity contribution < 1.29 is 4.79 Å². The van der Waals surface area contributed by atoms with Gasteiger partial charge >= 0.3 is 0 Å². The van der Waals surface area contributed by atoms with Crippen molar-refractivity contribution in [2.75, 3.05) is 31.5 Å².